The maximum absolute atomic E-state index is 11.2. The molecule has 1 N–H and O–H groups in total. The molecule has 166 valence electrons. The van der Waals surface area contributed by atoms with Crippen molar-refractivity contribution in [3.63, 3.8) is 0 Å². The van der Waals surface area contributed by atoms with E-state index in [9.17, 15) is 4.79 Å². The number of carbonyl (C=O) groups is 1. The van der Waals surface area contributed by atoms with Crippen LogP contribution in [0.4, 0.5) is 0 Å². The van der Waals surface area contributed by atoms with Gasteiger partial charge in [-0.25, -0.2) is 0 Å². The Hall–Kier alpha value is -0.790. The fourth-order valence-electron chi connectivity index (χ4n) is 7.02. The van der Waals surface area contributed by atoms with Crippen LogP contribution in [0.25, 0.3) is 0 Å². The molecule has 0 aromatic carbocycles. The first kappa shape index (κ1) is 22.9. The highest BCUT2D eigenvalue weighted by Gasteiger charge is 2.38. The monoisotopic (exact) mass is 401 g/mol. The minimum absolute atomic E-state index is 0.0284. The van der Waals surface area contributed by atoms with Gasteiger partial charge in [0.1, 0.15) is 0 Å². The van der Waals surface area contributed by atoms with E-state index in [-0.39, 0.29) is 5.91 Å². The van der Waals surface area contributed by atoms with Gasteiger partial charge in [0.05, 0.1) is 0 Å². The van der Waals surface area contributed by atoms with Crippen molar-refractivity contribution in [1.82, 2.24) is 5.32 Å². The van der Waals surface area contributed by atoms with E-state index in [1.165, 1.54) is 76.7 Å². The fraction of sp³-hybridized carbons (Fsp3) is 0.889. The molecule has 4 atom stereocenters. The average Bonchev–Trinajstić information content (AvgIpc) is 2.76. The number of nitrogens with one attached hydrogen (secondary N) is 1. The van der Waals surface area contributed by atoms with Crippen molar-refractivity contribution < 1.29 is 4.79 Å². The van der Waals surface area contributed by atoms with Crippen molar-refractivity contribution in [3.05, 3.63) is 12.7 Å². The van der Waals surface area contributed by atoms with Gasteiger partial charge in [0.2, 0.25) is 5.91 Å². The lowest BCUT2D eigenvalue weighted by molar-refractivity contribution is -0.116. The molecule has 4 unspecified atom stereocenters. The Morgan fingerprint density at radius 1 is 0.793 bits per heavy atom. The molecular weight excluding hydrogens is 354 g/mol. The molecule has 0 bridgehead atoms. The van der Waals surface area contributed by atoms with Crippen LogP contribution < -0.4 is 5.32 Å². The van der Waals surface area contributed by atoms with Crippen molar-refractivity contribution in [2.75, 3.05) is 6.54 Å². The van der Waals surface area contributed by atoms with E-state index in [0.29, 0.717) is 0 Å². The van der Waals surface area contributed by atoms with Crippen molar-refractivity contribution >= 4 is 5.91 Å². The highest BCUT2D eigenvalue weighted by Crippen LogP contribution is 2.49. The van der Waals surface area contributed by atoms with Crippen LogP contribution in [0.1, 0.15) is 110 Å². The van der Waals surface area contributed by atoms with Crippen LogP contribution in [0.15, 0.2) is 12.7 Å². The van der Waals surface area contributed by atoms with Gasteiger partial charge in [0.25, 0.3) is 0 Å². The number of carbonyl (C=O) groups excluding carboxylic acids is 1. The SMILES string of the molecule is C=CC(=O)NCCCC1CCC(C2CCC3CC(CCCCC)CCC3C2)CC1. The zero-order valence-electron chi connectivity index (χ0n) is 19.2. The van der Waals surface area contributed by atoms with Gasteiger partial charge >= 0.3 is 0 Å². The van der Waals surface area contributed by atoms with Gasteiger partial charge in [-0.1, -0.05) is 58.4 Å². The van der Waals surface area contributed by atoms with Gasteiger partial charge in [-0.3, -0.25) is 4.79 Å². The standard InChI is InChI=1S/C27H47NO/c1-3-5-6-8-22-12-15-26-20-25(17-16-24(26)19-22)23-13-10-21(11-14-23)9-7-18-28-27(29)4-2/h4,21-26H,2-3,5-20H2,1H3,(H,28,29). The third-order valence-corrected chi connectivity index (χ3v) is 8.81. The van der Waals surface area contributed by atoms with Crippen molar-refractivity contribution in [3.8, 4) is 0 Å². The molecule has 0 aromatic heterocycles. The molecule has 0 aromatic rings. The van der Waals surface area contributed by atoms with Crippen LogP contribution in [-0.4, -0.2) is 12.5 Å². The molecule has 0 heterocycles. The molecule has 0 spiro atoms. The summed E-state index contributed by atoms with van der Waals surface area (Å²) in [6, 6.07) is 0. The Kier molecular flexibility index (Phi) is 9.59. The van der Waals surface area contributed by atoms with Crippen LogP contribution in [0.2, 0.25) is 0 Å². The number of fused-ring (bicyclic) bond motifs is 1. The van der Waals surface area contributed by atoms with Crippen LogP contribution in [-0.2, 0) is 4.79 Å². The Labute approximate surface area is 180 Å². The van der Waals surface area contributed by atoms with Gasteiger partial charge in [-0.15, -0.1) is 0 Å². The first-order valence-electron chi connectivity index (χ1n) is 13.1. The number of hydrogen-bond acceptors (Lipinski definition) is 1. The summed E-state index contributed by atoms with van der Waals surface area (Å²) in [4.78, 5) is 11.2. The molecule has 3 fully saturated rings. The van der Waals surface area contributed by atoms with Crippen LogP contribution in [0.5, 0.6) is 0 Å². The lowest BCUT2D eigenvalue weighted by Crippen LogP contribution is -2.34. The Balaban J connectivity index is 1.31. The molecule has 3 saturated carbocycles. The van der Waals surface area contributed by atoms with Crippen LogP contribution in [0, 0.1) is 35.5 Å². The number of unbranched alkanes of at least 4 members (excludes halogenated alkanes) is 2. The highest BCUT2D eigenvalue weighted by atomic mass is 16.1. The highest BCUT2D eigenvalue weighted by molar-refractivity contribution is 5.86. The summed E-state index contributed by atoms with van der Waals surface area (Å²) >= 11 is 0. The predicted molar refractivity (Wildman–Crippen MR) is 124 cm³/mol. The Bertz CT molecular complexity index is 493. The summed E-state index contributed by atoms with van der Waals surface area (Å²) in [5.74, 6) is 6.15. The minimum atomic E-state index is -0.0284. The summed E-state index contributed by atoms with van der Waals surface area (Å²) in [7, 11) is 0. The topological polar surface area (TPSA) is 29.1 Å². The Morgan fingerprint density at radius 3 is 2.10 bits per heavy atom. The quantitative estimate of drug-likeness (QED) is 0.302. The third kappa shape index (κ3) is 7.14. The van der Waals surface area contributed by atoms with Gasteiger partial charge < -0.3 is 5.32 Å². The number of rotatable bonds is 10. The lowest BCUT2D eigenvalue weighted by Gasteiger charge is -2.45. The molecular formula is C27H47NO. The minimum Gasteiger partial charge on any atom is -0.353 e. The van der Waals surface area contributed by atoms with E-state index in [0.717, 1.165) is 48.5 Å². The molecule has 2 nitrogen and oxygen atoms in total. The molecule has 3 rings (SSSR count). The van der Waals surface area contributed by atoms with Crippen molar-refractivity contribution in [2.24, 2.45) is 35.5 Å². The zero-order chi connectivity index (χ0) is 20.5. The van der Waals surface area contributed by atoms with E-state index in [1.54, 1.807) is 25.7 Å². The number of amides is 1. The summed E-state index contributed by atoms with van der Waals surface area (Å²) in [6.45, 7) is 6.66. The zero-order valence-corrected chi connectivity index (χ0v) is 19.2. The fourth-order valence-corrected chi connectivity index (χ4v) is 7.02. The summed E-state index contributed by atoms with van der Waals surface area (Å²) in [5, 5.41) is 2.92. The van der Waals surface area contributed by atoms with Crippen molar-refractivity contribution in [1.29, 1.82) is 0 Å². The first-order chi connectivity index (χ1) is 14.2. The molecule has 0 saturated heterocycles. The van der Waals surface area contributed by atoms with E-state index < -0.39 is 0 Å². The van der Waals surface area contributed by atoms with Crippen LogP contribution >= 0.6 is 0 Å². The maximum atomic E-state index is 11.2. The molecule has 3 aliphatic carbocycles. The van der Waals surface area contributed by atoms with Crippen molar-refractivity contribution in [2.45, 2.75) is 110 Å². The predicted octanol–water partition coefficient (Wildman–Crippen LogP) is 7.29. The molecule has 1 amide bonds. The summed E-state index contributed by atoms with van der Waals surface area (Å²) in [6.07, 6.45) is 24.7. The smallest absolute Gasteiger partial charge is 0.243 e. The lowest BCUT2D eigenvalue weighted by atomic mass is 9.60. The van der Waals surface area contributed by atoms with Gasteiger partial charge in [0.15, 0.2) is 0 Å². The Morgan fingerprint density at radius 2 is 1.38 bits per heavy atom. The third-order valence-electron chi connectivity index (χ3n) is 8.81. The molecule has 0 radical (unpaired) electrons. The second-order valence-corrected chi connectivity index (χ2v) is 10.7. The first-order valence-corrected chi connectivity index (χ1v) is 13.1. The largest absolute Gasteiger partial charge is 0.353 e. The van der Waals surface area contributed by atoms with Gasteiger partial charge in [0, 0.05) is 6.54 Å². The van der Waals surface area contributed by atoms with Gasteiger partial charge in [-0.2, -0.15) is 0 Å². The van der Waals surface area contributed by atoms with E-state index in [2.05, 4.69) is 18.8 Å². The maximum Gasteiger partial charge on any atom is 0.243 e. The number of hydrogen-bond donors (Lipinski definition) is 1. The molecule has 2 heteroatoms. The summed E-state index contributed by atoms with van der Waals surface area (Å²) in [5.41, 5.74) is 0. The second kappa shape index (κ2) is 12.2. The normalized spacial score (nSPS) is 34.9. The molecule has 3 aliphatic rings. The molecule has 0 aliphatic heterocycles. The van der Waals surface area contributed by atoms with E-state index in [4.69, 9.17) is 0 Å². The van der Waals surface area contributed by atoms with E-state index in [1.807, 2.05) is 0 Å². The van der Waals surface area contributed by atoms with E-state index >= 15 is 0 Å². The average molecular weight is 402 g/mol. The van der Waals surface area contributed by atoms with Crippen LogP contribution in [0.3, 0.4) is 0 Å². The molecule has 29 heavy (non-hydrogen) atoms. The summed E-state index contributed by atoms with van der Waals surface area (Å²) < 4.78 is 0. The van der Waals surface area contributed by atoms with Gasteiger partial charge in [-0.05, 0) is 99.4 Å². The second-order valence-electron chi connectivity index (χ2n) is 10.7.